The molecule has 236 valence electrons. The standard InChI is InChI=1S/C21H25N9O11P2S/c22-8-1-2-24-17-10(8)27-5-29(17)19-12(31)14-9(38-19)3-37-43(35,44)41-15-13(32)20(39-21(15)36-7-42(33,34)40-14)30-6-28-11-16(23)25-4-26-18(11)30/h1-2,4-6,9,12-15,19-21,31-32H,3,7H2,(H2,22,24)(H,33,34)(H,35,44)(H2,23,25,26)/t9-,12?,13?,14+,15-,19-,20-,21+,43?/m1/s1. The molecule has 0 amide bonds. The molecular formula is C21H25N9O11P2S. The van der Waals surface area contributed by atoms with E-state index in [0.29, 0.717) is 11.2 Å². The van der Waals surface area contributed by atoms with Crippen LogP contribution in [-0.4, -0.2) is 104 Å². The highest BCUT2D eigenvalue weighted by Crippen LogP contribution is 2.53. The minimum Gasteiger partial charge on any atom is -0.397 e. The number of ether oxygens (including phenoxy) is 3. The fraction of sp³-hybridized carbons (Fsp3) is 0.476. The van der Waals surface area contributed by atoms with Gasteiger partial charge in [-0.25, -0.2) is 24.9 Å². The van der Waals surface area contributed by atoms with Crippen LogP contribution in [-0.2, 0) is 44.2 Å². The summed E-state index contributed by atoms with van der Waals surface area (Å²) in [6, 6.07) is 1.55. The van der Waals surface area contributed by atoms with Gasteiger partial charge >= 0.3 is 14.3 Å². The zero-order valence-electron chi connectivity index (χ0n) is 22.2. The second-order valence-corrected chi connectivity index (χ2v) is 14.6. The van der Waals surface area contributed by atoms with Gasteiger partial charge in [-0.1, -0.05) is 0 Å². The second kappa shape index (κ2) is 11.0. The minimum atomic E-state index is -4.66. The van der Waals surface area contributed by atoms with Gasteiger partial charge in [0.1, 0.15) is 47.9 Å². The van der Waals surface area contributed by atoms with Gasteiger partial charge < -0.3 is 50.2 Å². The Balaban J connectivity index is 1.17. The Kier molecular flexibility index (Phi) is 7.45. The van der Waals surface area contributed by atoms with Crippen LogP contribution in [0, 0.1) is 0 Å². The molecule has 3 saturated heterocycles. The predicted octanol–water partition coefficient (Wildman–Crippen LogP) is -0.913. The van der Waals surface area contributed by atoms with Crippen LogP contribution in [0.4, 0.5) is 11.5 Å². The van der Waals surface area contributed by atoms with Gasteiger partial charge in [0.05, 0.1) is 24.9 Å². The van der Waals surface area contributed by atoms with Gasteiger partial charge in [0.15, 0.2) is 42.2 Å². The minimum absolute atomic E-state index is 0.0802. The van der Waals surface area contributed by atoms with Gasteiger partial charge in [-0.05, 0) is 17.9 Å². The molecule has 44 heavy (non-hydrogen) atoms. The molecule has 3 aliphatic rings. The molecule has 20 nitrogen and oxygen atoms in total. The molecule has 0 spiro atoms. The monoisotopic (exact) mass is 673 g/mol. The summed E-state index contributed by atoms with van der Waals surface area (Å²) in [4.78, 5) is 42.3. The molecule has 0 radical (unpaired) electrons. The molecule has 7 rings (SSSR count). The Morgan fingerprint density at radius 2 is 1.59 bits per heavy atom. The van der Waals surface area contributed by atoms with Crippen molar-refractivity contribution in [1.82, 2.24) is 34.1 Å². The van der Waals surface area contributed by atoms with Gasteiger partial charge in [0.25, 0.3) is 0 Å². The number of nitrogens with zero attached hydrogens (tertiary/aromatic N) is 7. The summed E-state index contributed by atoms with van der Waals surface area (Å²) < 4.78 is 49.8. The van der Waals surface area contributed by atoms with Gasteiger partial charge in [-0.3, -0.25) is 22.7 Å². The molecule has 0 aliphatic carbocycles. The molecule has 8 N–H and O–H groups in total. The summed E-state index contributed by atoms with van der Waals surface area (Å²) in [5.41, 5.74) is 13.2. The van der Waals surface area contributed by atoms with Crippen molar-refractivity contribution in [2.24, 2.45) is 0 Å². The maximum atomic E-state index is 13.2. The first kappa shape index (κ1) is 29.9. The molecule has 0 aromatic carbocycles. The highest BCUT2D eigenvalue weighted by Gasteiger charge is 2.53. The molecule has 4 unspecified atom stereocenters. The van der Waals surface area contributed by atoms with E-state index < -0.39 is 76.5 Å². The van der Waals surface area contributed by atoms with Crippen molar-refractivity contribution in [2.75, 3.05) is 24.4 Å². The van der Waals surface area contributed by atoms with E-state index in [1.54, 1.807) is 6.07 Å². The number of imidazole rings is 2. The van der Waals surface area contributed by atoms with Crippen molar-refractivity contribution in [1.29, 1.82) is 0 Å². The van der Waals surface area contributed by atoms with E-state index in [0.717, 1.165) is 0 Å². The maximum absolute atomic E-state index is 13.2. The second-order valence-electron chi connectivity index (χ2n) is 10.1. The molecule has 23 heteroatoms. The first-order valence-electron chi connectivity index (χ1n) is 12.9. The van der Waals surface area contributed by atoms with Gasteiger partial charge in [0.2, 0.25) is 0 Å². The van der Waals surface area contributed by atoms with E-state index in [9.17, 15) is 24.6 Å². The fourth-order valence-electron chi connectivity index (χ4n) is 5.24. The van der Waals surface area contributed by atoms with E-state index in [-0.39, 0.29) is 22.6 Å². The highest BCUT2D eigenvalue weighted by atomic mass is 32.5. The smallest absolute Gasteiger partial charge is 0.354 e. The van der Waals surface area contributed by atoms with Gasteiger partial charge in [-0.2, -0.15) is 0 Å². The topological polar surface area (TPSA) is 280 Å². The number of aliphatic hydroxyl groups is 2. The Labute approximate surface area is 251 Å². The van der Waals surface area contributed by atoms with E-state index in [1.165, 1.54) is 34.3 Å². The highest BCUT2D eigenvalue weighted by molar-refractivity contribution is 8.07. The molecule has 0 bridgehead atoms. The molecule has 3 fully saturated rings. The molecular weight excluding hydrogens is 648 g/mol. The zero-order valence-corrected chi connectivity index (χ0v) is 24.8. The van der Waals surface area contributed by atoms with Crippen LogP contribution in [0.15, 0.2) is 31.2 Å². The average Bonchev–Trinajstić information content (AvgIpc) is 3.73. The number of pyridine rings is 1. The maximum Gasteiger partial charge on any atom is 0.354 e. The number of rotatable bonds is 2. The first-order chi connectivity index (χ1) is 20.9. The number of hydrogen-bond donors (Lipinski definition) is 6. The molecule has 10 atom stereocenters. The predicted molar refractivity (Wildman–Crippen MR) is 149 cm³/mol. The quantitative estimate of drug-likeness (QED) is 0.140. The summed E-state index contributed by atoms with van der Waals surface area (Å²) in [5, 5.41) is 22.4. The van der Waals surface area contributed by atoms with Gasteiger partial charge in [0, 0.05) is 6.20 Å². The Morgan fingerprint density at radius 3 is 2.36 bits per heavy atom. The van der Waals surface area contributed by atoms with Crippen molar-refractivity contribution in [3.63, 3.8) is 0 Å². The van der Waals surface area contributed by atoms with Crippen LogP contribution in [0.25, 0.3) is 22.3 Å². The number of aromatic nitrogens is 7. The summed E-state index contributed by atoms with van der Waals surface area (Å²) >= 11 is 5.20. The summed E-state index contributed by atoms with van der Waals surface area (Å²) in [6.45, 7) is -4.73. The van der Waals surface area contributed by atoms with Crippen molar-refractivity contribution < 1.29 is 52.3 Å². The Hall–Kier alpha value is -2.75. The number of nitrogen functional groups attached to an aromatic ring is 2. The van der Waals surface area contributed by atoms with E-state index in [1.807, 2.05) is 0 Å². The van der Waals surface area contributed by atoms with Crippen LogP contribution < -0.4 is 11.5 Å². The first-order valence-corrected chi connectivity index (χ1v) is 17.2. The number of fused-ring (bicyclic) bond motifs is 4. The number of hydrogen-bond acceptors (Lipinski definition) is 17. The Bertz CT molecular complexity index is 1700. The average molecular weight is 673 g/mol. The van der Waals surface area contributed by atoms with Crippen LogP contribution >= 0.6 is 14.3 Å². The van der Waals surface area contributed by atoms with Crippen LogP contribution in [0.1, 0.15) is 12.5 Å². The third-order valence-electron chi connectivity index (χ3n) is 7.25. The molecule has 0 saturated carbocycles. The van der Waals surface area contributed by atoms with Crippen molar-refractivity contribution in [3.05, 3.63) is 31.2 Å². The van der Waals surface area contributed by atoms with Crippen molar-refractivity contribution in [2.45, 2.75) is 49.3 Å². The van der Waals surface area contributed by atoms with Gasteiger partial charge in [-0.15, -0.1) is 0 Å². The zero-order chi connectivity index (χ0) is 31.0. The summed E-state index contributed by atoms with van der Waals surface area (Å²) in [7, 11) is -4.66. The number of aliphatic hydroxyl groups excluding tert-OH is 2. The molecule has 7 heterocycles. The van der Waals surface area contributed by atoms with Crippen LogP contribution in [0.3, 0.4) is 0 Å². The fourth-order valence-corrected chi connectivity index (χ4v) is 7.69. The third-order valence-corrected chi connectivity index (χ3v) is 9.86. The number of nitrogens with two attached hydrogens (primary N) is 2. The van der Waals surface area contributed by atoms with E-state index in [2.05, 4.69) is 24.9 Å². The lowest BCUT2D eigenvalue weighted by atomic mass is 10.1. The lowest BCUT2D eigenvalue weighted by Crippen LogP contribution is -2.38. The van der Waals surface area contributed by atoms with Crippen LogP contribution in [0.2, 0.25) is 0 Å². The van der Waals surface area contributed by atoms with E-state index >= 15 is 0 Å². The lowest BCUT2D eigenvalue weighted by molar-refractivity contribution is -0.167. The molecule has 3 aliphatic heterocycles. The SMILES string of the molecule is Nc1ncnc2c1ncn2[C@@H]1O[C@@H]2OCP(=O)(O)O[C@@H]3C(O)[C@H](n4cnc5c(N)ccnc54)O[C@@H]3COP(O)(=S)O[C@@H]2C1O. The van der Waals surface area contributed by atoms with E-state index in [4.69, 9.17) is 51.1 Å². The third kappa shape index (κ3) is 5.18. The molecule has 4 aromatic rings. The Morgan fingerprint density at radius 1 is 0.909 bits per heavy atom. The molecule has 4 aromatic heterocycles. The lowest BCUT2D eigenvalue weighted by Gasteiger charge is -2.29. The largest absolute Gasteiger partial charge is 0.397 e. The number of anilines is 2. The summed E-state index contributed by atoms with van der Waals surface area (Å²) in [5.74, 6) is 0.0802. The van der Waals surface area contributed by atoms with Crippen molar-refractivity contribution in [3.8, 4) is 0 Å². The normalized spacial score (nSPS) is 38.3. The van der Waals surface area contributed by atoms with Crippen molar-refractivity contribution >= 4 is 60.0 Å². The summed E-state index contributed by atoms with van der Waals surface area (Å²) in [6.07, 6.45) is -7.16. The van der Waals surface area contributed by atoms with Crippen LogP contribution in [0.5, 0.6) is 0 Å².